The number of amides is 6. The third-order valence-corrected chi connectivity index (χ3v) is 19.0. The highest BCUT2D eigenvalue weighted by atomic mass is 35.5. The van der Waals surface area contributed by atoms with E-state index in [1.165, 1.54) is 34.5 Å². The summed E-state index contributed by atoms with van der Waals surface area (Å²) in [4.78, 5) is 127. The number of methoxy groups -OCH3 is 1. The summed E-state index contributed by atoms with van der Waals surface area (Å²) in [5.74, 6) is -1.65. The van der Waals surface area contributed by atoms with Crippen LogP contribution >= 0.6 is 11.6 Å². The number of likely N-dealkylation sites (N-methyl/N-ethyl adjacent to an activating group) is 1. The van der Waals surface area contributed by atoms with Crippen LogP contribution in [0.1, 0.15) is 112 Å². The molecule has 0 aliphatic carbocycles. The molecule has 0 saturated carbocycles. The van der Waals surface area contributed by atoms with Crippen LogP contribution in [0, 0.1) is 55.4 Å². The highest BCUT2D eigenvalue weighted by molar-refractivity contribution is 6.34. The lowest BCUT2D eigenvalue weighted by molar-refractivity contribution is -0.145. The molecular formula is C84H88ClN13O15. The molecule has 5 N–H and O–H groups in total. The summed E-state index contributed by atoms with van der Waals surface area (Å²) in [6, 6.07) is 43.5. The van der Waals surface area contributed by atoms with E-state index in [0.29, 0.717) is 79.6 Å². The number of hydrogen-bond acceptors (Lipinski definition) is 19. The topological polar surface area (TPSA) is 333 Å². The maximum Gasteiger partial charge on any atom is 0.341 e. The van der Waals surface area contributed by atoms with Gasteiger partial charge in [0, 0.05) is 42.6 Å². The molecule has 1 saturated heterocycles. The Morgan fingerprint density at radius 2 is 1.27 bits per heavy atom. The minimum absolute atomic E-state index is 0.0546. The molecule has 1 aliphatic rings. The normalized spacial score (nSPS) is 13.4. The van der Waals surface area contributed by atoms with Gasteiger partial charge in [-0.05, 0) is 181 Å². The van der Waals surface area contributed by atoms with Gasteiger partial charge in [-0.15, -0.1) is 0 Å². The van der Waals surface area contributed by atoms with Gasteiger partial charge in [-0.3, -0.25) is 42.8 Å². The Labute approximate surface area is 656 Å². The maximum absolute atomic E-state index is 14.8. The number of nitrogens with one attached hydrogen (secondary N) is 4. The predicted octanol–water partition coefficient (Wildman–Crippen LogP) is 12.9. The van der Waals surface area contributed by atoms with Gasteiger partial charge in [0.15, 0.2) is 24.5 Å². The number of carboxylic acid groups (broad SMARTS) is 1. The number of fused-ring (bicyclic) bond motifs is 2. The van der Waals surface area contributed by atoms with Crippen molar-refractivity contribution in [2.75, 3.05) is 63.2 Å². The zero-order valence-electron chi connectivity index (χ0n) is 64.6. The fraction of sp³-hybridized carbons (Fsp3) is 0.286. The average molecular weight is 1560 g/mol. The Hall–Kier alpha value is -12.8. The second kappa shape index (κ2) is 36.4. The monoisotopic (exact) mass is 1550 g/mol. The highest BCUT2D eigenvalue weighted by Gasteiger charge is 2.51. The van der Waals surface area contributed by atoms with E-state index in [2.05, 4.69) is 42.4 Å². The first-order chi connectivity index (χ1) is 54.2. The lowest BCUT2D eigenvalue weighted by Crippen LogP contribution is -2.45. The van der Waals surface area contributed by atoms with Crippen LogP contribution < -0.4 is 51.3 Å². The number of aryl methyl sites for hydroxylation is 7. The number of hydrogen-bond donors (Lipinski definition) is 5. The molecule has 11 aromatic rings. The van der Waals surface area contributed by atoms with E-state index >= 15 is 0 Å². The van der Waals surface area contributed by atoms with Crippen molar-refractivity contribution in [1.29, 1.82) is 0 Å². The Balaban J connectivity index is 0.000000223. The Kier molecular flexibility index (Phi) is 26.1. The number of carboxylic acids is 1. The molecule has 113 heavy (non-hydrogen) atoms. The van der Waals surface area contributed by atoms with Gasteiger partial charge in [-0.25, -0.2) is 34.1 Å². The van der Waals surface area contributed by atoms with Gasteiger partial charge in [-0.1, -0.05) is 110 Å². The fourth-order valence-corrected chi connectivity index (χ4v) is 12.9. The van der Waals surface area contributed by atoms with Gasteiger partial charge in [0.05, 0.1) is 52.3 Å². The van der Waals surface area contributed by atoms with Crippen LogP contribution in [0.15, 0.2) is 173 Å². The van der Waals surface area contributed by atoms with Gasteiger partial charge in [0.25, 0.3) is 34.7 Å². The van der Waals surface area contributed by atoms with Gasteiger partial charge in [-0.2, -0.15) is 5.10 Å². The highest BCUT2D eigenvalue weighted by Crippen LogP contribution is 2.36. The fourth-order valence-electron chi connectivity index (χ4n) is 12.8. The van der Waals surface area contributed by atoms with Crippen molar-refractivity contribution in [3.63, 3.8) is 0 Å². The first-order valence-corrected chi connectivity index (χ1v) is 37.0. The van der Waals surface area contributed by atoms with Crippen LogP contribution in [-0.2, 0) is 28.7 Å². The molecule has 12 rings (SSSR count). The summed E-state index contributed by atoms with van der Waals surface area (Å²) >= 11 is 6.70. The van der Waals surface area contributed by atoms with Crippen molar-refractivity contribution in [3.05, 3.63) is 252 Å². The van der Waals surface area contributed by atoms with Crippen LogP contribution in [0.3, 0.4) is 0 Å². The van der Waals surface area contributed by atoms with Crippen LogP contribution in [0.5, 0.6) is 23.0 Å². The van der Waals surface area contributed by atoms with E-state index in [4.69, 9.17) is 45.0 Å². The first-order valence-electron chi connectivity index (χ1n) is 36.6. The molecule has 0 spiro atoms. The standard InChI is InChI=1S/C43H42ClN7O5.C41H46N6O10/c1-7-39(56-38-19-12-25(2)20-26(38)3)55-24-45-31-13-18-35(44)37(23-31)48-42(52)40(51-28(5)46-27(4)49-51)41-47-36-22-30-11-9-8-10-29(30)21-34(36)43(53)50(41)32-14-16-33(54-6)17-15-32;1-7-8-19-56-40-39(53)47(41(54)45(40)6)34(35-43-27(5)26(4)38(52)46(35)29-12-10-9-11-13-29)37(51)44-30-22-28(15-17-32(30)57-23-33(48)49)36(50)42-18-20-55-31-16-14-24(2)21-25(31)3/h8-23,39-40,45H,7,24H2,1-6H3,(H,48,52);9-17,21-22,34,40H,7-8,18-20,23H2,1-6H3,(H,42,50)(H,44,51)(H,48,49). The lowest BCUT2D eigenvalue weighted by atomic mass is 10.1. The van der Waals surface area contributed by atoms with Gasteiger partial charge < -0.3 is 54.8 Å². The number of urea groups is 1. The molecule has 4 atom stereocenters. The van der Waals surface area contributed by atoms with E-state index in [0.717, 1.165) is 54.7 Å². The van der Waals surface area contributed by atoms with Crippen molar-refractivity contribution in [2.24, 2.45) is 0 Å². The summed E-state index contributed by atoms with van der Waals surface area (Å²) in [7, 11) is 2.93. The number of rotatable bonds is 30. The van der Waals surface area contributed by atoms with Crippen molar-refractivity contribution >= 4 is 86.0 Å². The number of unbranched alkanes of at least 4 members (excludes halogenated alkanes) is 1. The summed E-state index contributed by atoms with van der Waals surface area (Å²) in [6.07, 6.45) is 0.127. The zero-order chi connectivity index (χ0) is 80.9. The minimum atomic E-state index is -1.88. The smallest absolute Gasteiger partial charge is 0.341 e. The van der Waals surface area contributed by atoms with Gasteiger partial charge >= 0.3 is 12.0 Å². The number of ether oxygens (including phenoxy) is 6. The van der Waals surface area contributed by atoms with Crippen LogP contribution in [-0.4, -0.2) is 144 Å². The number of carbonyl (C=O) groups excluding carboxylic acids is 5. The number of imide groups is 1. The molecule has 4 heterocycles. The summed E-state index contributed by atoms with van der Waals surface area (Å²) in [5.41, 5.74) is 5.89. The van der Waals surface area contributed by atoms with Crippen molar-refractivity contribution in [3.8, 4) is 34.4 Å². The number of anilines is 3. The number of nitrogens with zero attached hydrogens (tertiary/aromatic N) is 9. The molecule has 3 aromatic heterocycles. The van der Waals surface area contributed by atoms with E-state index < -0.39 is 72.4 Å². The summed E-state index contributed by atoms with van der Waals surface area (Å²) in [5, 5.41) is 28.1. The van der Waals surface area contributed by atoms with Gasteiger partial charge in [0.2, 0.25) is 12.5 Å². The second-order valence-corrected chi connectivity index (χ2v) is 27.4. The summed E-state index contributed by atoms with van der Waals surface area (Å²) < 4.78 is 38.7. The molecule has 1 aliphatic heterocycles. The SMILES string of the molecule is CCC(OCNc1ccc(Cl)c(NC(=O)C(c2nc3cc4ccccc4cc3c(=O)n2-c2ccc(OC)cc2)n2nc(C)nc2C)c1)Oc1ccc(C)cc1C.CCCCOC1C(=O)N(C(C(=O)Nc2cc(C(=O)NCCOc3ccc(C)cc3C)ccc2OCC(=O)O)c2nc(C)c(C)c(=O)n2-c2ccccc2)C(=O)N1C. The van der Waals surface area contributed by atoms with Crippen molar-refractivity contribution in [1.82, 2.24) is 49.0 Å². The molecule has 28 nitrogen and oxygen atoms in total. The van der Waals surface area contributed by atoms with Crippen molar-refractivity contribution < 1.29 is 62.3 Å². The number of carbonyl (C=O) groups is 6. The van der Waals surface area contributed by atoms with E-state index in [1.54, 1.807) is 108 Å². The van der Waals surface area contributed by atoms with Crippen LogP contribution in [0.4, 0.5) is 21.9 Å². The summed E-state index contributed by atoms with van der Waals surface area (Å²) in [6.45, 7) is 18.2. The predicted molar refractivity (Wildman–Crippen MR) is 428 cm³/mol. The Bertz CT molecular complexity index is 5520. The quantitative estimate of drug-likeness (QED) is 0.0121. The largest absolute Gasteiger partial charge is 0.497 e. The molecule has 8 aromatic carbocycles. The zero-order valence-corrected chi connectivity index (χ0v) is 65.4. The van der Waals surface area contributed by atoms with Crippen LogP contribution in [0.25, 0.3) is 33.1 Å². The number of para-hydroxylation sites is 1. The number of benzene rings is 8. The average Bonchev–Trinajstić information content (AvgIpc) is 1.73. The molecule has 6 amide bonds. The van der Waals surface area contributed by atoms with Crippen LogP contribution in [0.2, 0.25) is 5.02 Å². The Morgan fingerprint density at radius 1 is 0.637 bits per heavy atom. The number of aromatic nitrogens is 7. The first kappa shape index (κ1) is 81.2. The number of halogens is 1. The third-order valence-electron chi connectivity index (χ3n) is 18.7. The maximum atomic E-state index is 14.8. The number of aliphatic carboxylic acids is 1. The molecule has 0 radical (unpaired) electrons. The molecular weight excluding hydrogens is 1470 g/mol. The Morgan fingerprint density at radius 3 is 1.93 bits per heavy atom. The lowest BCUT2D eigenvalue weighted by Gasteiger charge is -2.27. The molecule has 1 fully saturated rings. The second-order valence-electron chi connectivity index (χ2n) is 27.0. The molecule has 0 bridgehead atoms. The van der Waals surface area contributed by atoms with Gasteiger partial charge in [0.1, 0.15) is 53.8 Å². The van der Waals surface area contributed by atoms with Crippen molar-refractivity contribution in [2.45, 2.75) is 113 Å². The van der Waals surface area contributed by atoms with E-state index in [1.807, 2.05) is 108 Å². The molecule has 586 valence electrons. The minimum Gasteiger partial charge on any atom is -0.497 e. The van der Waals surface area contributed by atoms with E-state index in [-0.39, 0.29) is 72.0 Å². The van der Waals surface area contributed by atoms with E-state index in [9.17, 15) is 43.5 Å². The molecule has 4 unspecified atom stereocenters. The molecule has 29 heteroatoms. The third kappa shape index (κ3) is 18.8.